The van der Waals surface area contributed by atoms with Crippen molar-refractivity contribution >= 4 is 28.3 Å². The summed E-state index contributed by atoms with van der Waals surface area (Å²) < 4.78 is 5.52. The number of rotatable bonds is 5. The van der Waals surface area contributed by atoms with E-state index < -0.39 is 0 Å². The zero-order chi connectivity index (χ0) is 17.1. The SMILES string of the molecule is CCc1ccc2occ(CC(=O)Nc3ccc(C(C)=O)cc3)c2c1. The normalized spacial score (nSPS) is 10.8. The number of amides is 1. The number of ketones is 1. The Bertz CT molecular complexity index is 891. The molecule has 0 unspecified atom stereocenters. The lowest BCUT2D eigenvalue weighted by atomic mass is 10.1. The first-order chi connectivity index (χ1) is 11.6. The van der Waals surface area contributed by atoms with Crippen LogP contribution in [0.5, 0.6) is 0 Å². The lowest BCUT2D eigenvalue weighted by Gasteiger charge is -2.05. The second-order valence-corrected chi connectivity index (χ2v) is 5.80. The highest BCUT2D eigenvalue weighted by atomic mass is 16.3. The predicted molar refractivity (Wildman–Crippen MR) is 94.4 cm³/mol. The van der Waals surface area contributed by atoms with E-state index in [9.17, 15) is 9.59 Å². The Kier molecular flexibility index (Phi) is 4.47. The standard InChI is InChI=1S/C20H19NO3/c1-3-14-4-9-19-18(10-14)16(12-24-19)11-20(23)21-17-7-5-15(6-8-17)13(2)22/h4-10,12H,3,11H2,1-2H3,(H,21,23). The summed E-state index contributed by atoms with van der Waals surface area (Å²) in [5.74, 6) is -0.111. The van der Waals surface area contributed by atoms with Crippen LogP contribution in [0.15, 0.2) is 53.1 Å². The molecule has 1 aromatic heterocycles. The zero-order valence-corrected chi connectivity index (χ0v) is 13.8. The number of anilines is 1. The molecule has 0 aliphatic carbocycles. The molecule has 0 saturated carbocycles. The van der Waals surface area contributed by atoms with E-state index in [0.29, 0.717) is 11.3 Å². The van der Waals surface area contributed by atoms with Crippen LogP contribution in [-0.4, -0.2) is 11.7 Å². The minimum Gasteiger partial charge on any atom is -0.464 e. The van der Waals surface area contributed by atoms with Gasteiger partial charge in [0.05, 0.1) is 12.7 Å². The summed E-state index contributed by atoms with van der Waals surface area (Å²) in [6.07, 6.45) is 2.83. The van der Waals surface area contributed by atoms with Gasteiger partial charge in [0.25, 0.3) is 0 Å². The molecule has 0 radical (unpaired) electrons. The number of furan rings is 1. The van der Waals surface area contributed by atoms with Crippen LogP contribution < -0.4 is 5.32 Å². The monoisotopic (exact) mass is 321 g/mol. The van der Waals surface area contributed by atoms with Crippen LogP contribution in [0, 0.1) is 0 Å². The number of nitrogens with one attached hydrogen (secondary N) is 1. The molecule has 0 saturated heterocycles. The Morgan fingerprint density at radius 1 is 1.08 bits per heavy atom. The molecule has 3 aromatic rings. The Hall–Kier alpha value is -2.88. The van der Waals surface area contributed by atoms with Crippen molar-refractivity contribution in [1.29, 1.82) is 0 Å². The Labute approximate surface area is 140 Å². The quantitative estimate of drug-likeness (QED) is 0.709. The maximum absolute atomic E-state index is 12.3. The van der Waals surface area contributed by atoms with Gasteiger partial charge in [-0.1, -0.05) is 13.0 Å². The van der Waals surface area contributed by atoms with Crippen LogP contribution in [0.25, 0.3) is 11.0 Å². The van der Waals surface area contributed by atoms with Crippen LogP contribution in [0.4, 0.5) is 5.69 Å². The molecule has 122 valence electrons. The predicted octanol–water partition coefficient (Wildman–Crippen LogP) is 4.38. The summed E-state index contributed by atoms with van der Waals surface area (Å²) in [5.41, 5.74) is 4.18. The molecule has 1 amide bonds. The molecule has 1 heterocycles. The maximum Gasteiger partial charge on any atom is 0.228 e. The summed E-state index contributed by atoms with van der Waals surface area (Å²) in [4.78, 5) is 23.5. The fourth-order valence-electron chi connectivity index (χ4n) is 2.65. The number of aryl methyl sites for hydroxylation is 1. The van der Waals surface area contributed by atoms with Crippen molar-refractivity contribution in [2.45, 2.75) is 26.7 Å². The van der Waals surface area contributed by atoms with E-state index in [1.165, 1.54) is 12.5 Å². The molecule has 1 N–H and O–H groups in total. The highest BCUT2D eigenvalue weighted by molar-refractivity contribution is 5.97. The van der Waals surface area contributed by atoms with Gasteiger partial charge in [-0.15, -0.1) is 0 Å². The Morgan fingerprint density at radius 3 is 2.50 bits per heavy atom. The highest BCUT2D eigenvalue weighted by Crippen LogP contribution is 2.23. The second kappa shape index (κ2) is 6.71. The number of Topliss-reactive ketones (excluding diaryl/α,β-unsaturated/α-hetero) is 1. The topological polar surface area (TPSA) is 59.3 Å². The first-order valence-electron chi connectivity index (χ1n) is 7.96. The molecule has 3 rings (SSSR count). The largest absolute Gasteiger partial charge is 0.464 e. The first-order valence-corrected chi connectivity index (χ1v) is 7.96. The van der Waals surface area contributed by atoms with Gasteiger partial charge in [-0.25, -0.2) is 0 Å². The van der Waals surface area contributed by atoms with E-state index in [4.69, 9.17) is 4.42 Å². The van der Waals surface area contributed by atoms with Gasteiger partial charge >= 0.3 is 0 Å². The van der Waals surface area contributed by atoms with Crippen LogP contribution >= 0.6 is 0 Å². The summed E-state index contributed by atoms with van der Waals surface area (Å²) in [6.45, 7) is 3.61. The van der Waals surface area contributed by atoms with Crippen molar-refractivity contribution in [3.63, 3.8) is 0 Å². The Morgan fingerprint density at radius 2 is 1.83 bits per heavy atom. The lowest BCUT2D eigenvalue weighted by Crippen LogP contribution is -2.14. The fourth-order valence-corrected chi connectivity index (χ4v) is 2.65. The highest BCUT2D eigenvalue weighted by Gasteiger charge is 2.11. The molecule has 0 fully saturated rings. The molecular weight excluding hydrogens is 302 g/mol. The van der Waals surface area contributed by atoms with Crippen molar-refractivity contribution in [2.75, 3.05) is 5.32 Å². The van der Waals surface area contributed by atoms with Gasteiger partial charge in [0.1, 0.15) is 5.58 Å². The van der Waals surface area contributed by atoms with Crippen molar-refractivity contribution in [2.24, 2.45) is 0 Å². The van der Waals surface area contributed by atoms with Crippen molar-refractivity contribution < 1.29 is 14.0 Å². The number of hydrogen-bond donors (Lipinski definition) is 1. The fraction of sp³-hybridized carbons (Fsp3) is 0.200. The van der Waals surface area contributed by atoms with Crippen LogP contribution in [-0.2, 0) is 17.6 Å². The van der Waals surface area contributed by atoms with Gasteiger partial charge in [0.2, 0.25) is 5.91 Å². The molecule has 24 heavy (non-hydrogen) atoms. The van der Waals surface area contributed by atoms with Gasteiger partial charge < -0.3 is 9.73 Å². The average Bonchev–Trinajstić information content (AvgIpc) is 2.97. The first kappa shape index (κ1) is 16.0. The zero-order valence-electron chi connectivity index (χ0n) is 13.8. The van der Waals surface area contributed by atoms with Gasteiger partial charge in [0.15, 0.2) is 5.78 Å². The van der Waals surface area contributed by atoms with Gasteiger partial charge in [-0.2, -0.15) is 0 Å². The number of hydrogen-bond acceptors (Lipinski definition) is 3. The Balaban J connectivity index is 1.74. The molecule has 2 aromatic carbocycles. The molecule has 4 heteroatoms. The smallest absolute Gasteiger partial charge is 0.228 e. The lowest BCUT2D eigenvalue weighted by molar-refractivity contribution is -0.115. The van der Waals surface area contributed by atoms with Gasteiger partial charge in [-0.05, 0) is 55.3 Å². The third-order valence-electron chi connectivity index (χ3n) is 4.05. The molecular formula is C20H19NO3. The van der Waals surface area contributed by atoms with E-state index >= 15 is 0 Å². The summed E-state index contributed by atoms with van der Waals surface area (Å²) in [6, 6.07) is 12.9. The maximum atomic E-state index is 12.3. The molecule has 0 aliphatic rings. The van der Waals surface area contributed by atoms with Gasteiger partial charge in [0, 0.05) is 22.2 Å². The van der Waals surface area contributed by atoms with Crippen LogP contribution in [0.3, 0.4) is 0 Å². The average molecular weight is 321 g/mol. The van der Waals surface area contributed by atoms with E-state index in [1.54, 1.807) is 30.5 Å². The number of carbonyl (C=O) groups is 2. The molecule has 0 aliphatic heterocycles. The van der Waals surface area contributed by atoms with Crippen LogP contribution in [0.2, 0.25) is 0 Å². The van der Waals surface area contributed by atoms with Crippen molar-refractivity contribution in [3.8, 4) is 0 Å². The molecule has 0 spiro atoms. The van der Waals surface area contributed by atoms with Crippen molar-refractivity contribution in [3.05, 3.63) is 65.4 Å². The minimum absolute atomic E-state index is 0.00414. The van der Waals surface area contributed by atoms with Crippen molar-refractivity contribution in [1.82, 2.24) is 0 Å². The third-order valence-corrected chi connectivity index (χ3v) is 4.05. The number of carbonyl (C=O) groups excluding carboxylic acids is 2. The molecule has 0 bridgehead atoms. The van der Waals surface area contributed by atoms with Gasteiger partial charge in [-0.3, -0.25) is 9.59 Å². The second-order valence-electron chi connectivity index (χ2n) is 5.80. The number of benzene rings is 2. The summed E-state index contributed by atoms with van der Waals surface area (Å²) in [5, 5.41) is 3.83. The molecule has 4 nitrogen and oxygen atoms in total. The van der Waals surface area contributed by atoms with E-state index in [0.717, 1.165) is 23.0 Å². The summed E-state index contributed by atoms with van der Waals surface area (Å²) >= 11 is 0. The van der Waals surface area contributed by atoms with Crippen LogP contribution in [0.1, 0.15) is 35.3 Å². The van der Waals surface area contributed by atoms with E-state index in [1.807, 2.05) is 12.1 Å². The van der Waals surface area contributed by atoms with E-state index in [-0.39, 0.29) is 18.1 Å². The van der Waals surface area contributed by atoms with E-state index in [2.05, 4.69) is 18.3 Å². The molecule has 0 atom stereocenters. The minimum atomic E-state index is -0.116. The summed E-state index contributed by atoms with van der Waals surface area (Å²) in [7, 11) is 0. The third kappa shape index (κ3) is 3.38. The number of fused-ring (bicyclic) bond motifs is 1.